The van der Waals surface area contributed by atoms with E-state index in [1.54, 1.807) is 0 Å². The zero-order valence-electron chi connectivity index (χ0n) is 56.7. The van der Waals surface area contributed by atoms with Gasteiger partial charge in [-0.15, -0.1) is 0 Å². The average Bonchev–Trinajstić information content (AvgIpc) is 3.52. The van der Waals surface area contributed by atoms with Gasteiger partial charge in [-0.1, -0.05) is 310 Å². The highest BCUT2D eigenvalue weighted by atomic mass is 31.2. The van der Waals surface area contributed by atoms with Crippen LogP contribution in [0.3, 0.4) is 0 Å². The first-order valence-corrected chi connectivity index (χ1v) is 39.3. The van der Waals surface area contributed by atoms with E-state index in [1.807, 2.05) is 0 Å². The summed E-state index contributed by atoms with van der Waals surface area (Å²) in [5.41, 5.74) is 0. The van der Waals surface area contributed by atoms with Gasteiger partial charge in [-0.3, -0.25) is 37.3 Å². The highest BCUT2D eigenvalue weighted by Crippen LogP contribution is 2.45. The van der Waals surface area contributed by atoms with Gasteiger partial charge in [0.25, 0.3) is 0 Å². The van der Waals surface area contributed by atoms with Crippen molar-refractivity contribution in [3.8, 4) is 0 Å². The normalized spacial score (nSPS) is 14.0. The van der Waals surface area contributed by atoms with Gasteiger partial charge in [0.1, 0.15) is 19.3 Å². The molecule has 5 atom stereocenters. The second kappa shape index (κ2) is 63.8. The summed E-state index contributed by atoms with van der Waals surface area (Å²) in [7, 11) is -9.89. The van der Waals surface area contributed by atoms with Crippen molar-refractivity contribution in [3.63, 3.8) is 0 Å². The molecule has 0 saturated carbocycles. The summed E-state index contributed by atoms with van der Waals surface area (Å²) in [5.74, 6) is -2.12. The van der Waals surface area contributed by atoms with Crippen LogP contribution in [0.15, 0.2) is 0 Å². The maximum Gasteiger partial charge on any atom is 0.472 e. The van der Waals surface area contributed by atoms with Gasteiger partial charge in [-0.05, 0) is 25.7 Å². The molecule has 2 unspecified atom stereocenters. The number of carbonyl (C=O) groups excluding carboxylic acids is 4. The Kier molecular flexibility index (Phi) is 62.4. The molecule has 0 aromatic carbocycles. The smallest absolute Gasteiger partial charge is 0.462 e. The molecule has 0 aliphatic carbocycles. The molecule has 0 aromatic heterocycles. The van der Waals surface area contributed by atoms with Crippen LogP contribution < -0.4 is 0 Å². The van der Waals surface area contributed by atoms with Crippen LogP contribution in [0.2, 0.25) is 0 Å². The molecule has 0 bridgehead atoms. The van der Waals surface area contributed by atoms with Crippen LogP contribution in [-0.4, -0.2) is 96.7 Å². The monoisotopic (exact) mass is 1300 g/mol. The van der Waals surface area contributed by atoms with Gasteiger partial charge in [0.15, 0.2) is 12.2 Å². The third-order valence-corrected chi connectivity index (χ3v) is 18.0. The molecule has 0 heterocycles. The fourth-order valence-electron chi connectivity index (χ4n) is 10.5. The number of aliphatic hydroxyl groups is 1. The largest absolute Gasteiger partial charge is 0.472 e. The fourth-order valence-corrected chi connectivity index (χ4v) is 12.1. The summed E-state index contributed by atoms with van der Waals surface area (Å²) in [6.45, 7) is 4.91. The van der Waals surface area contributed by atoms with Crippen molar-refractivity contribution in [1.82, 2.24) is 0 Å². The molecular weight excluding hydrogens is 1160 g/mol. The van der Waals surface area contributed by atoms with Crippen LogP contribution in [0.4, 0.5) is 0 Å². The van der Waals surface area contributed by atoms with E-state index in [1.165, 1.54) is 186 Å². The molecule has 17 nitrogen and oxygen atoms in total. The number of hydrogen-bond donors (Lipinski definition) is 3. The summed E-state index contributed by atoms with van der Waals surface area (Å²) in [6.07, 6.45) is 51.3. The molecule has 0 aliphatic rings. The van der Waals surface area contributed by atoms with E-state index in [4.69, 9.17) is 37.0 Å². The molecule has 0 radical (unpaired) electrons. The number of phosphoric ester groups is 2. The SMILES string of the molecule is CCCCCCCCCCCCCCCCCCCCC(=O)O[C@H](COC(=O)CCCCCCCCCCCCC)COP(=O)(O)OC[C@@H](O)COP(=O)(O)OC[C@@H](COC(=O)CCCCCCCCCC)OC(=O)CCCCCCCCCCCCC. The van der Waals surface area contributed by atoms with Gasteiger partial charge in [0.2, 0.25) is 0 Å². The van der Waals surface area contributed by atoms with Gasteiger partial charge < -0.3 is 33.8 Å². The summed E-state index contributed by atoms with van der Waals surface area (Å²) < 4.78 is 68.2. The molecule has 19 heteroatoms. The van der Waals surface area contributed by atoms with Gasteiger partial charge in [-0.25, -0.2) is 9.13 Å². The number of phosphoric acid groups is 2. The van der Waals surface area contributed by atoms with Crippen molar-refractivity contribution in [2.45, 2.75) is 380 Å². The van der Waals surface area contributed by atoms with Crippen molar-refractivity contribution in [1.29, 1.82) is 0 Å². The average molecular weight is 1300 g/mol. The predicted octanol–water partition coefficient (Wildman–Crippen LogP) is 19.9. The van der Waals surface area contributed by atoms with E-state index >= 15 is 0 Å². The van der Waals surface area contributed by atoms with Crippen LogP contribution in [0.5, 0.6) is 0 Å². The van der Waals surface area contributed by atoms with E-state index in [0.717, 1.165) is 96.3 Å². The summed E-state index contributed by atoms with van der Waals surface area (Å²) in [5, 5.41) is 10.6. The van der Waals surface area contributed by atoms with Crippen LogP contribution in [0, 0.1) is 0 Å². The molecule has 0 saturated heterocycles. The van der Waals surface area contributed by atoms with E-state index in [-0.39, 0.29) is 25.7 Å². The molecule has 3 N–H and O–H groups in total. The number of hydrogen-bond acceptors (Lipinski definition) is 15. The van der Waals surface area contributed by atoms with Crippen molar-refractivity contribution < 1.29 is 80.2 Å². The summed E-state index contributed by atoms with van der Waals surface area (Å²) in [6, 6.07) is 0. The molecule has 88 heavy (non-hydrogen) atoms. The van der Waals surface area contributed by atoms with Crippen molar-refractivity contribution >= 4 is 39.5 Å². The molecular formula is C69H134O17P2. The Labute approximate surface area is 537 Å². The molecule has 0 spiro atoms. The van der Waals surface area contributed by atoms with E-state index in [9.17, 15) is 43.2 Å². The lowest BCUT2D eigenvalue weighted by atomic mass is 10.0. The van der Waals surface area contributed by atoms with Gasteiger partial charge >= 0.3 is 39.5 Å². The van der Waals surface area contributed by atoms with E-state index in [2.05, 4.69) is 27.7 Å². The Hall–Kier alpha value is -1.94. The topological polar surface area (TPSA) is 237 Å². The maximum atomic E-state index is 13.0. The zero-order valence-corrected chi connectivity index (χ0v) is 58.5. The zero-order chi connectivity index (χ0) is 64.7. The second-order valence-electron chi connectivity index (χ2n) is 24.9. The minimum absolute atomic E-state index is 0.107. The van der Waals surface area contributed by atoms with Crippen molar-refractivity contribution in [2.24, 2.45) is 0 Å². The molecule has 0 rings (SSSR count). The third kappa shape index (κ3) is 62.8. The highest BCUT2D eigenvalue weighted by Gasteiger charge is 2.30. The number of ether oxygens (including phenoxy) is 4. The quantitative estimate of drug-likeness (QED) is 0.0222. The third-order valence-electron chi connectivity index (χ3n) is 16.1. The van der Waals surface area contributed by atoms with E-state index < -0.39 is 97.5 Å². The first kappa shape index (κ1) is 86.1. The molecule has 0 fully saturated rings. The lowest BCUT2D eigenvalue weighted by molar-refractivity contribution is -0.161. The van der Waals surface area contributed by atoms with Crippen molar-refractivity contribution in [2.75, 3.05) is 39.6 Å². The second-order valence-corrected chi connectivity index (χ2v) is 27.8. The standard InChI is InChI=1S/C69H134O17P2/c1-5-9-13-17-21-25-28-29-30-31-32-33-34-37-40-44-48-52-56-69(74)86-65(60-80-67(72)54-50-46-42-38-35-26-22-18-14-10-6-2)62-84-88(77,78)82-58-63(70)57-81-87(75,76)83-61-64(59-79-66(71)53-49-45-41-24-20-16-12-8-4)85-68(73)55-51-47-43-39-36-27-23-19-15-11-7-3/h63-65,70H,5-62H2,1-4H3,(H,75,76)(H,77,78)/t63-,64+,65+/m0/s1. The minimum atomic E-state index is -4.95. The lowest BCUT2D eigenvalue weighted by Crippen LogP contribution is -2.30. The van der Waals surface area contributed by atoms with Crippen LogP contribution >= 0.6 is 15.6 Å². The lowest BCUT2D eigenvalue weighted by Gasteiger charge is -2.21. The Morgan fingerprint density at radius 2 is 0.455 bits per heavy atom. The Balaban J connectivity index is 5.18. The number of carbonyl (C=O) groups is 4. The van der Waals surface area contributed by atoms with Gasteiger partial charge in [0, 0.05) is 25.7 Å². The maximum absolute atomic E-state index is 13.0. The van der Waals surface area contributed by atoms with Gasteiger partial charge in [0.05, 0.1) is 26.4 Å². The number of rotatable bonds is 70. The predicted molar refractivity (Wildman–Crippen MR) is 354 cm³/mol. The number of unbranched alkanes of at least 4 members (excludes halogenated alkanes) is 44. The first-order valence-electron chi connectivity index (χ1n) is 36.3. The molecule has 0 aromatic rings. The Bertz CT molecular complexity index is 1690. The molecule has 0 amide bonds. The summed E-state index contributed by atoms with van der Waals surface area (Å²) in [4.78, 5) is 72.4. The van der Waals surface area contributed by atoms with Crippen LogP contribution in [-0.2, 0) is 65.4 Å². The highest BCUT2D eigenvalue weighted by molar-refractivity contribution is 7.47. The Morgan fingerprint density at radius 3 is 0.670 bits per heavy atom. The van der Waals surface area contributed by atoms with Crippen LogP contribution in [0.25, 0.3) is 0 Å². The van der Waals surface area contributed by atoms with Crippen LogP contribution in [0.1, 0.15) is 362 Å². The summed E-state index contributed by atoms with van der Waals surface area (Å²) >= 11 is 0. The van der Waals surface area contributed by atoms with Crippen molar-refractivity contribution in [3.05, 3.63) is 0 Å². The fraction of sp³-hybridized carbons (Fsp3) is 0.942. The van der Waals surface area contributed by atoms with Gasteiger partial charge in [-0.2, -0.15) is 0 Å². The number of esters is 4. The molecule has 0 aliphatic heterocycles. The molecule has 522 valence electrons. The minimum Gasteiger partial charge on any atom is -0.462 e. The Morgan fingerprint density at radius 1 is 0.273 bits per heavy atom. The first-order chi connectivity index (χ1) is 42.7. The van der Waals surface area contributed by atoms with E-state index in [0.29, 0.717) is 25.7 Å². The number of aliphatic hydroxyl groups excluding tert-OH is 1.